The van der Waals surface area contributed by atoms with Crippen molar-refractivity contribution in [2.75, 3.05) is 0 Å². The summed E-state index contributed by atoms with van der Waals surface area (Å²) in [6, 6.07) is 5.08. The Bertz CT molecular complexity index is 466. The molecule has 1 aromatic rings. The first-order valence-electron chi connectivity index (χ1n) is 4.42. The van der Waals surface area contributed by atoms with Gasteiger partial charge in [0.05, 0.1) is 0 Å². The van der Waals surface area contributed by atoms with Crippen molar-refractivity contribution in [2.24, 2.45) is 0 Å². The number of phenolic OH excluding ortho intramolecular Hbond substituents is 1. The third kappa shape index (κ3) is 9.15. The first-order chi connectivity index (χ1) is 7.74. The van der Waals surface area contributed by atoms with E-state index in [1.54, 1.807) is 6.92 Å². The molecule has 0 spiro atoms. The number of carboxylic acids is 1. The normalized spacial score (nSPS) is 10.0. The smallest absolute Gasteiger partial charge is 0.446 e. The van der Waals surface area contributed by atoms with Gasteiger partial charge in [0.2, 0.25) is 0 Å². The lowest BCUT2D eigenvalue weighted by Gasteiger charge is -2.00. The van der Waals surface area contributed by atoms with Crippen molar-refractivity contribution in [1.29, 1.82) is 0 Å². The molecule has 0 saturated heterocycles. The number of benzene rings is 1. The van der Waals surface area contributed by atoms with Crippen LogP contribution in [0.15, 0.2) is 24.3 Å². The largest absolute Gasteiger partial charge is 0.508 e. The van der Waals surface area contributed by atoms with Crippen LogP contribution < -0.4 is 4.18 Å². The first-order valence-corrected chi connectivity index (χ1v) is 5.79. The van der Waals surface area contributed by atoms with Gasteiger partial charge >= 0.3 is 16.4 Å². The lowest BCUT2D eigenvalue weighted by molar-refractivity contribution is -0.136. The van der Waals surface area contributed by atoms with Gasteiger partial charge in [-0.1, -0.05) is 13.0 Å². The van der Waals surface area contributed by atoms with Crippen LogP contribution >= 0.6 is 0 Å². The second kappa shape index (κ2) is 6.71. The Labute approximate surface area is 98.2 Å². The third-order valence-electron chi connectivity index (χ3n) is 1.32. The van der Waals surface area contributed by atoms with Gasteiger partial charge in [-0.05, 0) is 12.1 Å². The van der Waals surface area contributed by atoms with Gasteiger partial charge in [-0.25, -0.2) is 0 Å². The number of hydrogen-bond donors (Lipinski definition) is 3. The summed E-state index contributed by atoms with van der Waals surface area (Å²) in [5.41, 5.74) is 0. The number of carboxylic acid groups (broad SMARTS) is 1. The van der Waals surface area contributed by atoms with E-state index in [2.05, 4.69) is 4.18 Å². The molecule has 3 N–H and O–H groups in total. The molecule has 0 aliphatic rings. The molecule has 0 aliphatic carbocycles. The molecule has 96 valence electrons. The molecular weight excluding hydrogens is 252 g/mol. The maximum Gasteiger partial charge on any atom is 0.446 e. The molecule has 0 radical (unpaired) electrons. The van der Waals surface area contributed by atoms with Gasteiger partial charge in [0.25, 0.3) is 0 Å². The Kier molecular flexibility index (Phi) is 6.00. The summed E-state index contributed by atoms with van der Waals surface area (Å²) in [6.07, 6.45) is 0.222. The number of aliphatic carboxylic acids is 1. The molecule has 0 unspecified atom stereocenters. The van der Waals surface area contributed by atoms with Crippen LogP contribution in [0.4, 0.5) is 0 Å². The number of carbonyl (C=O) groups is 1. The number of rotatable bonds is 3. The lowest BCUT2D eigenvalue weighted by atomic mass is 10.3. The molecule has 0 aromatic heterocycles. The van der Waals surface area contributed by atoms with Crippen molar-refractivity contribution >= 4 is 16.4 Å². The molecule has 8 heteroatoms. The Morgan fingerprint density at radius 2 is 1.94 bits per heavy atom. The van der Waals surface area contributed by atoms with Crippen LogP contribution in [0.25, 0.3) is 0 Å². The standard InChI is InChI=1S/C6H6O5S.C3H6O2/c7-5-2-1-3-6(4-5)11-12(8,9)10;1-2-3(4)5/h1-4,7H,(H,8,9,10);2H2,1H3,(H,4,5). The van der Waals surface area contributed by atoms with Crippen molar-refractivity contribution < 1.29 is 32.2 Å². The third-order valence-corrected chi connectivity index (χ3v) is 1.72. The topological polar surface area (TPSA) is 121 Å². The fourth-order valence-corrected chi connectivity index (χ4v) is 1.00. The Balaban J connectivity index is 0.000000437. The van der Waals surface area contributed by atoms with Gasteiger partial charge in [-0.3, -0.25) is 9.35 Å². The summed E-state index contributed by atoms with van der Waals surface area (Å²) in [5, 5.41) is 16.6. The van der Waals surface area contributed by atoms with E-state index in [-0.39, 0.29) is 17.9 Å². The minimum absolute atomic E-state index is 0.141. The Morgan fingerprint density at radius 3 is 2.29 bits per heavy atom. The van der Waals surface area contributed by atoms with Gasteiger partial charge in [0.15, 0.2) is 0 Å². The fourth-order valence-electron chi connectivity index (χ4n) is 0.657. The molecule has 0 heterocycles. The van der Waals surface area contributed by atoms with E-state index in [1.165, 1.54) is 18.2 Å². The summed E-state index contributed by atoms with van der Waals surface area (Å²) in [5.74, 6) is -1.03. The zero-order valence-corrected chi connectivity index (χ0v) is 9.72. The van der Waals surface area contributed by atoms with E-state index >= 15 is 0 Å². The molecule has 1 aromatic carbocycles. The van der Waals surface area contributed by atoms with Crippen LogP contribution in [0.3, 0.4) is 0 Å². The van der Waals surface area contributed by atoms with Gasteiger partial charge in [-0.15, -0.1) is 0 Å². The molecule has 0 bridgehead atoms. The zero-order valence-electron chi connectivity index (χ0n) is 8.90. The second-order valence-electron chi connectivity index (χ2n) is 2.76. The lowest BCUT2D eigenvalue weighted by Crippen LogP contribution is -2.06. The fraction of sp³-hybridized carbons (Fsp3) is 0.222. The van der Waals surface area contributed by atoms with Crippen LogP contribution in [0, 0.1) is 0 Å². The van der Waals surface area contributed by atoms with Crippen molar-refractivity contribution in [3.05, 3.63) is 24.3 Å². The first kappa shape index (κ1) is 15.2. The quantitative estimate of drug-likeness (QED) is 0.697. The molecular formula is C9H12O7S. The van der Waals surface area contributed by atoms with Crippen molar-refractivity contribution in [3.63, 3.8) is 0 Å². The monoisotopic (exact) mass is 264 g/mol. The molecule has 0 aliphatic heterocycles. The highest BCUT2D eigenvalue weighted by atomic mass is 32.3. The summed E-state index contributed by atoms with van der Waals surface area (Å²) < 4.78 is 32.6. The van der Waals surface area contributed by atoms with Crippen molar-refractivity contribution in [2.45, 2.75) is 13.3 Å². The highest BCUT2D eigenvalue weighted by molar-refractivity contribution is 7.81. The highest BCUT2D eigenvalue weighted by Crippen LogP contribution is 2.18. The maximum atomic E-state index is 10.2. The SMILES string of the molecule is CCC(=O)O.O=S(=O)(O)Oc1cccc(O)c1. The van der Waals surface area contributed by atoms with Crippen molar-refractivity contribution in [1.82, 2.24) is 0 Å². The molecule has 0 fully saturated rings. The maximum absolute atomic E-state index is 10.2. The van der Waals surface area contributed by atoms with Gasteiger partial charge < -0.3 is 14.4 Å². The average molecular weight is 264 g/mol. The summed E-state index contributed by atoms with van der Waals surface area (Å²) in [6.45, 7) is 1.60. The molecule has 17 heavy (non-hydrogen) atoms. The Morgan fingerprint density at radius 1 is 1.41 bits per heavy atom. The molecule has 0 saturated carbocycles. The minimum Gasteiger partial charge on any atom is -0.508 e. The van der Waals surface area contributed by atoms with E-state index in [0.717, 1.165) is 6.07 Å². The molecule has 7 nitrogen and oxygen atoms in total. The number of hydrogen-bond acceptors (Lipinski definition) is 5. The predicted octanol–water partition coefficient (Wildman–Crippen LogP) is 1.05. The predicted molar refractivity (Wildman–Crippen MR) is 58.2 cm³/mol. The molecule has 0 atom stereocenters. The summed E-state index contributed by atoms with van der Waals surface area (Å²) >= 11 is 0. The van der Waals surface area contributed by atoms with Gasteiger partial charge in [0.1, 0.15) is 11.5 Å². The molecule has 0 amide bonds. The van der Waals surface area contributed by atoms with Crippen LogP contribution in [0.1, 0.15) is 13.3 Å². The van der Waals surface area contributed by atoms with Crippen LogP contribution in [0.2, 0.25) is 0 Å². The van der Waals surface area contributed by atoms with Gasteiger partial charge in [0, 0.05) is 12.5 Å². The molecule has 1 rings (SSSR count). The van der Waals surface area contributed by atoms with E-state index in [0.29, 0.717) is 0 Å². The van der Waals surface area contributed by atoms with E-state index in [9.17, 15) is 13.2 Å². The summed E-state index contributed by atoms with van der Waals surface area (Å²) in [7, 11) is -4.51. The highest BCUT2D eigenvalue weighted by Gasteiger charge is 2.06. The van der Waals surface area contributed by atoms with E-state index in [4.69, 9.17) is 14.8 Å². The van der Waals surface area contributed by atoms with E-state index in [1.807, 2.05) is 0 Å². The van der Waals surface area contributed by atoms with Gasteiger partial charge in [-0.2, -0.15) is 8.42 Å². The Hall–Kier alpha value is -1.80. The van der Waals surface area contributed by atoms with Crippen LogP contribution in [0.5, 0.6) is 11.5 Å². The van der Waals surface area contributed by atoms with Crippen LogP contribution in [-0.2, 0) is 15.2 Å². The minimum atomic E-state index is -4.51. The van der Waals surface area contributed by atoms with Crippen LogP contribution in [-0.4, -0.2) is 29.2 Å². The second-order valence-corrected chi connectivity index (χ2v) is 3.78. The number of aromatic hydroxyl groups is 1. The summed E-state index contributed by atoms with van der Waals surface area (Å²) in [4.78, 5) is 9.37. The average Bonchev–Trinajstić information content (AvgIpc) is 2.15. The van der Waals surface area contributed by atoms with Crippen molar-refractivity contribution in [3.8, 4) is 11.5 Å². The zero-order chi connectivity index (χ0) is 13.5. The van der Waals surface area contributed by atoms with E-state index < -0.39 is 16.4 Å². The number of phenols is 1.